The van der Waals surface area contributed by atoms with Gasteiger partial charge in [0.2, 0.25) is 5.91 Å². The molecule has 1 aliphatic heterocycles. The third-order valence-corrected chi connectivity index (χ3v) is 6.61. The molecule has 0 radical (unpaired) electrons. The molecule has 1 N–H and O–H groups in total. The summed E-state index contributed by atoms with van der Waals surface area (Å²) in [7, 11) is 3.40. The summed E-state index contributed by atoms with van der Waals surface area (Å²) >= 11 is 12.0. The molecule has 0 spiro atoms. The van der Waals surface area contributed by atoms with Gasteiger partial charge in [0.25, 0.3) is 0 Å². The van der Waals surface area contributed by atoms with E-state index in [0.29, 0.717) is 16.5 Å². The van der Waals surface area contributed by atoms with E-state index >= 15 is 0 Å². The molecule has 1 heterocycles. The van der Waals surface area contributed by atoms with Gasteiger partial charge in [0.15, 0.2) is 5.79 Å². The first-order valence-electron chi connectivity index (χ1n) is 9.54. The molecule has 1 aromatic rings. The molecule has 1 amide bonds. The van der Waals surface area contributed by atoms with Gasteiger partial charge in [0, 0.05) is 39.1 Å². The van der Waals surface area contributed by atoms with Crippen molar-refractivity contribution in [3.8, 4) is 0 Å². The van der Waals surface area contributed by atoms with E-state index < -0.39 is 5.79 Å². The Morgan fingerprint density at radius 2 is 1.93 bits per heavy atom. The van der Waals surface area contributed by atoms with Crippen LogP contribution in [0.3, 0.4) is 0 Å². The van der Waals surface area contributed by atoms with Crippen LogP contribution in [0, 0.1) is 0 Å². The monoisotopic (exact) mass is 414 g/mol. The Morgan fingerprint density at radius 1 is 1.22 bits per heavy atom. The van der Waals surface area contributed by atoms with E-state index in [1.165, 1.54) is 12.8 Å². The predicted molar refractivity (Wildman–Crippen MR) is 107 cm³/mol. The number of ether oxygens (including phenoxy) is 2. The molecule has 1 saturated carbocycles. The highest BCUT2D eigenvalue weighted by atomic mass is 35.5. The van der Waals surface area contributed by atoms with Crippen molar-refractivity contribution < 1.29 is 14.3 Å². The van der Waals surface area contributed by atoms with E-state index in [9.17, 15) is 4.79 Å². The number of likely N-dealkylation sites (tertiary alicyclic amines) is 1. The second-order valence-corrected chi connectivity index (χ2v) is 8.29. The number of halogens is 2. The van der Waals surface area contributed by atoms with Crippen molar-refractivity contribution in [2.24, 2.45) is 0 Å². The third kappa shape index (κ3) is 4.96. The van der Waals surface area contributed by atoms with Crippen LogP contribution in [0.2, 0.25) is 10.0 Å². The number of carbonyl (C=O) groups excluding carboxylic acids is 1. The zero-order valence-corrected chi connectivity index (χ0v) is 17.5. The van der Waals surface area contributed by atoms with Crippen molar-refractivity contribution in [1.29, 1.82) is 0 Å². The van der Waals surface area contributed by atoms with Gasteiger partial charge in [-0.25, -0.2) is 0 Å². The van der Waals surface area contributed by atoms with Gasteiger partial charge in [0.1, 0.15) is 0 Å². The lowest BCUT2D eigenvalue weighted by Crippen LogP contribution is -2.59. The number of hydrogen-bond donors (Lipinski definition) is 1. The molecule has 3 rings (SSSR count). The highest BCUT2D eigenvalue weighted by molar-refractivity contribution is 6.42. The van der Waals surface area contributed by atoms with Crippen molar-refractivity contribution in [2.75, 3.05) is 27.3 Å². The Bertz CT molecular complexity index is 661. The number of amides is 1. The smallest absolute Gasteiger partial charge is 0.224 e. The molecular formula is C20H28Cl2N2O3. The van der Waals surface area contributed by atoms with Gasteiger partial charge >= 0.3 is 0 Å². The van der Waals surface area contributed by atoms with Crippen LogP contribution < -0.4 is 5.32 Å². The zero-order valence-electron chi connectivity index (χ0n) is 16.0. The molecule has 0 aromatic heterocycles. The van der Waals surface area contributed by atoms with Crippen LogP contribution in [0.4, 0.5) is 0 Å². The van der Waals surface area contributed by atoms with E-state index in [4.69, 9.17) is 32.7 Å². The fraction of sp³-hybridized carbons (Fsp3) is 0.650. The van der Waals surface area contributed by atoms with E-state index in [0.717, 1.165) is 37.9 Å². The van der Waals surface area contributed by atoms with Crippen molar-refractivity contribution in [1.82, 2.24) is 10.2 Å². The van der Waals surface area contributed by atoms with Crippen LogP contribution in [0.5, 0.6) is 0 Å². The highest BCUT2D eigenvalue weighted by Crippen LogP contribution is 2.36. The number of methoxy groups -OCH3 is 2. The molecule has 5 nitrogen and oxygen atoms in total. The Morgan fingerprint density at radius 3 is 2.56 bits per heavy atom. The number of hydrogen-bond acceptors (Lipinski definition) is 4. The Hall–Kier alpha value is -0.850. The maximum Gasteiger partial charge on any atom is 0.224 e. The Labute approximate surface area is 171 Å². The van der Waals surface area contributed by atoms with E-state index in [1.54, 1.807) is 26.4 Å². The second kappa shape index (κ2) is 9.10. The van der Waals surface area contributed by atoms with Crippen molar-refractivity contribution in [3.63, 3.8) is 0 Å². The van der Waals surface area contributed by atoms with Gasteiger partial charge in [-0.3, -0.25) is 9.69 Å². The Kier molecular flexibility index (Phi) is 7.03. The molecule has 150 valence electrons. The summed E-state index contributed by atoms with van der Waals surface area (Å²) in [4.78, 5) is 15.1. The molecule has 2 fully saturated rings. The van der Waals surface area contributed by atoms with Crippen molar-refractivity contribution in [2.45, 2.75) is 56.4 Å². The Balaban J connectivity index is 1.67. The summed E-state index contributed by atoms with van der Waals surface area (Å²) in [5.41, 5.74) is 0.860. The predicted octanol–water partition coefficient (Wildman–Crippen LogP) is 3.66. The first-order valence-corrected chi connectivity index (χ1v) is 10.3. The van der Waals surface area contributed by atoms with Gasteiger partial charge in [0.05, 0.1) is 16.5 Å². The van der Waals surface area contributed by atoms with Gasteiger partial charge in [-0.15, -0.1) is 0 Å². The van der Waals surface area contributed by atoms with Gasteiger partial charge in [-0.1, -0.05) is 29.3 Å². The van der Waals surface area contributed by atoms with Gasteiger partial charge in [-0.05, 0) is 50.0 Å². The molecule has 1 aliphatic carbocycles. The normalized spacial score (nSPS) is 25.5. The van der Waals surface area contributed by atoms with Crippen LogP contribution in [0.25, 0.3) is 0 Å². The first kappa shape index (κ1) is 20.9. The van der Waals surface area contributed by atoms with Crippen molar-refractivity contribution in [3.05, 3.63) is 33.8 Å². The molecule has 1 aromatic carbocycles. The van der Waals surface area contributed by atoms with Gasteiger partial charge in [-0.2, -0.15) is 0 Å². The fourth-order valence-corrected chi connectivity index (χ4v) is 4.62. The summed E-state index contributed by atoms with van der Waals surface area (Å²) in [6.07, 6.45) is 5.05. The van der Waals surface area contributed by atoms with Crippen LogP contribution >= 0.6 is 23.2 Å². The third-order valence-electron chi connectivity index (χ3n) is 5.87. The first-order chi connectivity index (χ1) is 13.0. The maximum atomic E-state index is 12.7. The van der Waals surface area contributed by atoms with Crippen LogP contribution in [0.1, 0.15) is 37.7 Å². The second-order valence-electron chi connectivity index (χ2n) is 7.47. The van der Waals surface area contributed by atoms with Gasteiger partial charge < -0.3 is 14.8 Å². The van der Waals surface area contributed by atoms with E-state index in [-0.39, 0.29) is 18.0 Å². The standard InChI is InChI=1S/C20H28Cl2N2O3/c1-26-20(27-2)8-7-17(18(13-20)24-9-3-4-10-24)23-19(25)12-14-5-6-15(21)16(22)11-14/h5-6,11,17-18H,3-4,7-10,12-13H2,1-2H3,(H,23,25). The maximum absolute atomic E-state index is 12.7. The number of nitrogens with one attached hydrogen (secondary N) is 1. The lowest BCUT2D eigenvalue weighted by molar-refractivity contribution is -0.235. The number of nitrogens with zero attached hydrogens (tertiary/aromatic N) is 1. The zero-order chi connectivity index (χ0) is 19.4. The molecule has 7 heteroatoms. The van der Waals surface area contributed by atoms with E-state index in [2.05, 4.69) is 10.2 Å². The van der Waals surface area contributed by atoms with E-state index in [1.807, 2.05) is 6.07 Å². The average molecular weight is 415 g/mol. The summed E-state index contributed by atoms with van der Waals surface area (Å²) in [6, 6.07) is 5.64. The minimum Gasteiger partial charge on any atom is -0.353 e. The molecule has 2 atom stereocenters. The largest absolute Gasteiger partial charge is 0.353 e. The quantitative estimate of drug-likeness (QED) is 0.721. The van der Waals surface area contributed by atoms with Crippen LogP contribution in [-0.4, -0.2) is 56.0 Å². The summed E-state index contributed by atoms with van der Waals surface area (Å²) in [6.45, 7) is 2.13. The molecule has 27 heavy (non-hydrogen) atoms. The molecule has 2 unspecified atom stereocenters. The average Bonchev–Trinajstić information content (AvgIpc) is 3.20. The molecular weight excluding hydrogens is 387 g/mol. The topological polar surface area (TPSA) is 50.8 Å². The number of rotatable bonds is 6. The minimum absolute atomic E-state index is 0.00456. The number of benzene rings is 1. The van der Waals surface area contributed by atoms with Crippen LogP contribution in [-0.2, 0) is 20.7 Å². The number of carbonyl (C=O) groups is 1. The SMILES string of the molecule is COC1(OC)CCC(NC(=O)Cc2ccc(Cl)c(Cl)c2)C(N2CCCC2)C1. The fourth-order valence-electron chi connectivity index (χ4n) is 4.30. The summed E-state index contributed by atoms with van der Waals surface area (Å²) in [5.74, 6) is -0.553. The lowest BCUT2D eigenvalue weighted by atomic mass is 9.84. The lowest BCUT2D eigenvalue weighted by Gasteiger charge is -2.46. The van der Waals surface area contributed by atoms with Crippen LogP contribution in [0.15, 0.2) is 18.2 Å². The summed E-state index contributed by atoms with van der Waals surface area (Å²) in [5, 5.41) is 4.22. The van der Waals surface area contributed by atoms with Crippen molar-refractivity contribution >= 4 is 29.1 Å². The summed E-state index contributed by atoms with van der Waals surface area (Å²) < 4.78 is 11.4. The highest BCUT2D eigenvalue weighted by Gasteiger charge is 2.44. The molecule has 2 aliphatic rings. The molecule has 0 bridgehead atoms. The minimum atomic E-state index is -0.557. The molecule has 1 saturated heterocycles.